The van der Waals surface area contributed by atoms with E-state index >= 15 is 0 Å². The lowest BCUT2D eigenvalue weighted by atomic mass is 10.1. The van der Waals surface area contributed by atoms with E-state index in [-0.39, 0.29) is 10.7 Å². The molecular formula is C13H13NO3S. The standard InChI is InChI=1S/C13H13NO3S/c1-9(15)18-7-3-2-4-10-5-6-11(13(16)17)8-12(10)14/h5-6,8H,3,7,14H2,1H3,(H,16,17). The number of aromatic carboxylic acids is 1. The van der Waals surface area contributed by atoms with Gasteiger partial charge in [-0.3, -0.25) is 4.79 Å². The Hall–Kier alpha value is -1.93. The lowest BCUT2D eigenvalue weighted by molar-refractivity contribution is -0.109. The van der Waals surface area contributed by atoms with Crippen LogP contribution >= 0.6 is 11.8 Å². The van der Waals surface area contributed by atoms with E-state index < -0.39 is 5.97 Å². The Morgan fingerprint density at radius 3 is 2.72 bits per heavy atom. The molecule has 1 rings (SSSR count). The molecule has 0 aliphatic rings. The van der Waals surface area contributed by atoms with E-state index in [1.807, 2.05) is 0 Å². The SMILES string of the molecule is CC(=O)SCCC#Cc1ccc(C(=O)O)cc1N. The van der Waals surface area contributed by atoms with Gasteiger partial charge in [-0.15, -0.1) is 0 Å². The maximum absolute atomic E-state index is 10.7. The first kappa shape index (κ1) is 14.1. The monoisotopic (exact) mass is 263 g/mol. The first-order valence-corrected chi connectivity index (χ1v) is 6.24. The first-order chi connectivity index (χ1) is 8.50. The second kappa shape index (κ2) is 6.72. The van der Waals surface area contributed by atoms with Crippen LogP contribution in [0.1, 0.15) is 29.3 Å². The van der Waals surface area contributed by atoms with Crippen LogP contribution in [0.5, 0.6) is 0 Å². The molecule has 0 spiro atoms. The average molecular weight is 263 g/mol. The number of nitrogen functional groups attached to an aromatic ring is 1. The van der Waals surface area contributed by atoms with Crippen molar-refractivity contribution in [3.8, 4) is 11.8 Å². The van der Waals surface area contributed by atoms with Crippen molar-refractivity contribution in [2.45, 2.75) is 13.3 Å². The second-order valence-corrected chi connectivity index (χ2v) is 4.77. The highest BCUT2D eigenvalue weighted by atomic mass is 32.2. The molecule has 0 unspecified atom stereocenters. The highest BCUT2D eigenvalue weighted by Gasteiger charge is 2.04. The summed E-state index contributed by atoms with van der Waals surface area (Å²) in [6, 6.07) is 4.44. The lowest BCUT2D eigenvalue weighted by Gasteiger charge is -1.99. The molecule has 1 aromatic carbocycles. The molecule has 0 aliphatic heterocycles. The Morgan fingerprint density at radius 1 is 1.44 bits per heavy atom. The van der Waals surface area contributed by atoms with Crippen molar-refractivity contribution >= 4 is 28.5 Å². The highest BCUT2D eigenvalue weighted by molar-refractivity contribution is 8.13. The second-order valence-electron chi connectivity index (χ2n) is 3.50. The Labute approximate surface area is 110 Å². The van der Waals surface area contributed by atoms with Crippen LogP contribution in [0.2, 0.25) is 0 Å². The molecule has 0 amide bonds. The van der Waals surface area contributed by atoms with Gasteiger partial charge in [0.2, 0.25) is 0 Å². The van der Waals surface area contributed by atoms with Gasteiger partial charge in [-0.2, -0.15) is 0 Å². The zero-order chi connectivity index (χ0) is 13.5. The van der Waals surface area contributed by atoms with Crippen molar-refractivity contribution < 1.29 is 14.7 Å². The van der Waals surface area contributed by atoms with Gasteiger partial charge in [-0.05, 0) is 18.2 Å². The van der Waals surface area contributed by atoms with Crippen LogP contribution in [-0.2, 0) is 4.79 Å². The van der Waals surface area contributed by atoms with E-state index in [0.29, 0.717) is 23.4 Å². The molecule has 0 fully saturated rings. The third-order valence-corrected chi connectivity index (χ3v) is 2.87. The number of benzene rings is 1. The van der Waals surface area contributed by atoms with E-state index in [2.05, 4.69) is 11.8 Å². The summed E-state index contributed by atoms with van der Waals surface area (Å²) in [5, 5.41) is 8.84. The first-order valence-electron chi connectivity index (χ1n) is 5.25. The number of carbonyl (C=O) groups excluding carboxylic acids is 1. The van der Waals surface area contributed by atoms with Gasteiger partial charge in [-0.25, -0.2) is 4.79 Å². The van der Waals surface area contributed by atoms with Gasteiger partial charge in [0.05, 0.1) is 5.56 Å². The quantitative estimate of drug-likeness (QED) is 0.495. The van der Waals surface area contributed by atoms with Crippen molar-refractivity contribution in [2.75, 3.05) is 11.5 Å². The molecule has 0 heterocycles. The van der Waals surface area contributed by atoms with Gasteiger partial charge in [-0.1, -0.05) is 23.6 Å². The molecule has 18 heavy (non-hydrogen) atoms. The lowest BCUT2D eigenvalue weighted by Crippen LogP contribution is -1.99. The minimum absolute atomic E-state index is 0.0714. The van der Waals surface area contributed by atoms with E-state index in [1.54, 1.807) is 6.07 Å². The fourth-order valence-electron chi connectivity index (χ4n) is 1.21. The van der Waals surface area contributed by atoms with Crippen LogP contribution in [0.4, 0.5) is 5.69 Å². The Bertz CT molecular complexity index is 529. The summed E-state index contributed by atoms with van der Waals surface area (Å²) in [6.07, 6.45) is 0.588. The number of anilines is 1. The number of carboxylic acid groups (broad SMARTS) is 1. The van der Waals surface area contributed by atoms with E-state index in [1.165, 1.54) is 30.8 Å². The maximum Gasteiger partial charge on any atom is 0.335 e. The smallest absolute Gasteiger partial charge is 0.335 e. The molecular weight excluding hydrogens is 250 g/mol. The molecule has 4 nitrogen and oxygen atoms in total. The number of nitrogens with two attached hydrogens (primary N) is 1. The van der Waals surface area contributed by atoms with Crippen molar-refractivity contribution in [1.82, 2.24) is 0 Å². The van der Waals surface area contributed by atoms with Crippen LogP contribution in [-0.4, -0.2) is 21.9 Å². The molecule has 0 atom stereocenters. The molecule has 0 saturated heterocycles. The number of rotatable bonds is 3. The van der Waals surface area contributed by atoms with Gasteiger partial charge in [0, 0.05) is 30.3 Å². The molecule has 0 aromatic heterocycles. The molecule has 3 N–H and O–H groups in total. The normalized spacial score (nSPS) is 9.39. The summed E-state index contributed by atoms with van der Waals surface area (Å²) in [5.41, 5.74) is 6.79. The van der Waals surface area contributed by atoms with E-state index in [4.69, 9.17) is 10.8 Å². The van der Waals surface area contributed by atoms with Crippen molar-refractivity contribution in [3.05, 3.63) is 29.3 Å². The van der Waals surface area contributed by atoms with Crippen molar-refractivity contribution in [1.29, 1.82) is 0 Å². The minimum Gasteiger partial charge on any atom is -0.478 e. The summed E-state index contributed by atoms with van der Waals surface area (Å²) < 4.78 is 0. The van der Waals surface area contributed by atoms with Gasteiger partial charge in [0.25, 0.3) is 0 Å². The number of carboxylic acids is 1. The summed E-state index contributed by atoms with van der Waals surface area (Å²) in [4.78, 5) is 21.4. The molecule has 0 aliphatic carbocycles. The number of thioether (sulfide) groups is 1. The fraction of sp³-hybridized carbons (Fsp3) is 0.231. The summed E-state index contributed by atoms with van der Waals surface area (Å²) in [5.74, 6) is 5.39. The van der Waals surface area contributed by atoms with Crippen LogP contribution in [0.15, 0.2) is 18.2 Å². The van der Waals surface area contributed by atoms with Gasteiger partial charge in [0.15, 0.2) is 5.12 Å². The molecule has 1 aromatic rings. The third kappa shape index (κ3) is 4.52. The Balaban J connectivity index is 2.65. The summed E-state index contributed by atoms with van der Waals surface area (Å²) >= 11 is 1.23. The average Bonchev–Trinajstić information content (AvgIpc) is 2.29. The number of hydrogen-bond donors (Lipinski definition) is 2. The van der Waals surface area contributed by atoms with Crippen molar-refractivity contribution in [2.24, 2.45) is 0 Å². The predicted octanol–water partition coefficient (Wildman–Crippen LogP) is 1.99. The van der Waals surface area contributed by atoms with E-state index in [0.717, 1.165) is 0 Å². The fourth-order valence-corrected chi connectivity index (χ4v) is 1.70. The summed E-state index contributed by atoms with van der Waals surface area (Å²) in [7, 11) is 0. The Morgan fingerprint density at radius 2 is 2.17 bits per heavy atom. The molecule has 0 bridgehead atoms. The molecule has 0 radical (unpaired) electrons. The highest BCUT2D eigenvalue weighted by Crippen LogP contribution is 2.13. The number of carbonyl (C=O) groups is 2. The van der Waals surface area contributed by atoms with Gasteiger partial charge >= 0.3 is 5.97 Å². The van der Waals surface area contributed by atoms with Crippen LogP contribution < -0.4 is 5.73 Å². The van der Waals surface area contributed by atoms with Gasteiger partial charge < -0.3 is 10.8 Å². The molecule has 94 valence electrons. The Kier molecular flexibility index (Phi) is 5.28. The van der Waals surface area contributed by atoms with Crippen molar-refractivity contribution in [3.63, 3.8) is 0 Å². The van der Waals surface area contributed by atoms with Crippen LogP contribution in [0, 0.1) is 11.8 Å². The zero-order valence-electron chi connectivity index (χ0n) is 9.90. The maximum atomic E-state index is 10.7. The third-order valence-electron chi connectivity index (χ3n) is 2.05. The number of hydrogen-bond acceptors (Lipinski definition) is 4. The predicted molar refractivity (Wildman–Crippen MR) is 72.4 cm³/mol. The topological polar surface area (TPSA) is 80.4 Å². The zero-order valence-corrected chi connectivity index (χ0v) is 10.7. The van der Waals surface area contributed by atoms with E-state index in [9.17, 15) is 9.59 Å². The molecule has 5 heteroatoms. The van der Waals surface area contributed by atoms with Gasteiger partial charge in [0.1, 0.15) is 0 Å². The summed E-state index contributed by atoms with van der Waals surface area (Å²) in [6.45, 7) is 1.51. The van der Waals surface area contributed by atoms with Crippen LogP contribution in [0.25, 0.3) is 0 Å². The van der Waals surface area contributed by atoms with Crippen LogP contribution in [0.3, 0.4) is 0 Å². The largest absolute Gasteiger partial charge is 0.478 e. The minimum atomic E-state index is -1.01. The molecule has 0 saturated carbocycles.